The summed E-state index contributed by atoms with van der Waals surface area (Å²) in [6.07, 6.45) is 2.99. The molecule has 0 fully saturated rings. The van der Waals surface area contributed by atoms with Crippen molar-refractivity contribution in [3.8, 4) is 0 Å². The Labute approximate surface area is 99.3 Å². The van der Waals surface area contributed by atoms with Gasteiger partial charge in [0.25, 0.3) is 0 Å². The maximum atomic E-state index is 11.3. The molecule has 0 aromatic heterocycles. The van der Waals surface area contributed by atoms with Crippen molar-refractivity contribution in [2.45, 2.75) is 45.6 Å². The molecule has 0 spiro atoms. The molecule has 0 heterocycles. The fraction of sp³-hybridized carbons (Fsp3) is 0.917. The summed E-state index contributed by atoms with van der Waals surface area (Å²) in [6, 6.07) is 0. The number of rotatable bonds is 6. The smallest absolute Gasteiger partial charge is 0.407 e. The molecule has 0 atom stereocenters. The average molecular weight is 230 g/mol. The van der Waals surface area contributed by atoms with Crippen LogP contribution in [0.3, 0.4) is 0 Å². The number of nitrogens with one attached hydrogen (secondary N) is 1. The zero-order valence-corrected chi connectivity index (χ0v) is 11.3. The molecule has 0 aliphatic heterocycles. The van der Waals surface area contributed by atoms with Crippen molar-refractivity contribution in [3.05, 3.63) is 0 Å². The van der Waals surface area contributed by atoms with Crippen molar-refractivity contribution in [1.82, 2.24) is 10.2 Å². The van der Waals surface area contributed by atoms with Crippen LogP contribution in [0.1, 0.15) is 40.0 Å². The van der Waals surface area contributed by atoms with Crippen LogP contribution in [-0.2, 0) is 4.74 Å². The summed E-state index contributed by atoms with van der Waals surface area (Å²) in [5, 5.41) is 2.75. The molecule has 0 unspecified atom stereocenters. The highest BCUT2D eigenvalue weighted by atomic mass is 16.6. The third-order valence-corrected chi connectivity index (χ3v) is 1.95. The predicted octanol–water partition coefficient (Wildman–Crippen LogP) is 2.24. The second-order valence-electron chi connectivity index (χ2n) is 5.29. The Morgan fingerprint density at radius 1 is 1.19 bits per heavy atom. The minimum absolute atomic E-state index is 0.319. The molecule has 4 heteroatoms. The second kappa shape index (κ2) is 7.49. The van der Waals surface area contributed by atoms with Crippen LogP contribution >= 0.6 is 0 Å². The van der Waals surface area contributed by atoms with Gasteiger partial charge in [-0.25, -0.2) is 4.79 Å². The minimum atomic E-state index is -0.408. The molecule has 0 radical (unpaired) electrons. The first-order valence-corrected chi connectivity index (χ1v) is 5.93. The molecule has 1 amide bonds. The van der Waals surface area contributed by atoms with Gasteiger partial charge in [-0.3, -0.25) is 0 Å². The van der Waals surface area contributed by atoms with Gasteiger partial charge in [-0.2, -0.15) is 0 Å². The van der Waals surface area contributed by atoms with Gasteiger partial charge in [0.05, 0.1) is 0 Å². The number of hydrogen-bond donors (Lipinski definition) is 1. The first-order valence-electron chi connectivity index (χ1n) is 5.93. The lowest BCUT2D eigenvalue weighted by Gasteiger charge is -2.19. The van der Waals surface area contributed by atoms with E-state index in [1.165, 1.54) is 6.42 Å². The van der Waals surface area contributed by atoms with Crippen LogP contribution in [0.4, 0.5) is 4.79 Å². The number of ether oxygens (including phenoxy) is 1. The lowest BCUT2D eigenvalue weighted by atomic mass is 10.2. The molecule has 0 saturated heterocycles. The Kier molecular flexibility index (Phi) is 7.13. The molecule has 96 valence electrons. The number of nitrogens with zero attached hydrogens (tertiary/aromatic N) is 1. The highest BCUT2D eigenvalue weighted by molar-refractivity contribution is 5.67. The fourth-order valence-corrected chi connectivity index (χ4v) is 1.23. The van der Waals surface area contributed by atoms with Crippen molar-refractivity contribution in [2.24, 2.45) is 0 Å². The summed E-state index contributed by atoms with van der Waals surface area (Å²) < 4.78 is 5.12. The molecular formula is C12H26N2O2. The molecule has 0 rings (SSSR count). The number of amides is 1. The Hall–Kier alpha value is -0.770. The third-order valence-electron chi connectivity index (χ3n) is 1.95. The van der Waals surface area contributed by atoms with Crippen molar-refractivity contribution in [2.75, 3.05) is 27.2 Å². The number of carbonyl (C=O) groups is 1. The lowest BCUT2D eigenvalue weighted by Crippen LogP contribution is -2.33. The number of carbonyl (C=O) groups excluding carboxylic acids is 1. The van der Waals surface area contributed by atoms with Gasteiger partial charge in [0.15, 0.2) is 0 Å². The van der Waals surface area contributed by atoms with Gasteiger partial charge < -0.3 is 15.0 Å². The van der Waals surface area contributed by atoms with Crippen LogP contribution in [0, 0.1) is 0 Å². The Morgan fingerprint density at radius 2 is 1.81 bits per heavy atom. The average Bonchev–Trinajstić information content (AvgIpc) is 2.07. The van der Waals surface area contributed by atoms with Gasteiger partial charge in [-0.1, -0.05) is 6.42 Å². The molecule has 0 aliphatic carbocycles. The van der Waals surface area contributed by atoms with E-state index in [4.69, 9.17) is 4.74 Å². The van der Waals surface area contributed by atoms with Gasteiger partial charge in [0.2, 0.25) is 0 Å². The monoisotopic (exact) mass is 230 g/mol. The summed E-state index contributed by atoms with van der Waals surface area (Å²) in [6.45, 7) is 7.39. The molecule has 0 aromatic rings. The second-order valence-corrected chi connectivity index (χ2v) is 5.29. The summed E-state index contributed by atoms with van der Waals surface area (Å²) >= 11 is 0. The zero-order valence-electron chi connectivity index (χ0n) is 11.3. The topological polar surface area (TPSA) is 41.6 Å². The SMILES string of the molecule is CN(C)CCCCCNC(=O)OC(C)(C)C. The predicted molar refractivity (Wildman–Crippen MR) is 66.6 cm³/mol. The zero-order chi connectivity index (χ0) is 12.6. The van der Waals surface area contributed by atoms with Crippen molar-refractivity contribution >= 4 is 6.09 Å². The van der Waals surface area contributed by atoms with E-state index < -0.39 is 5.60 Å². The summed E-state index contributed by atoms with van der Waals surface area (Å²) in [7, 11) is 4.14. The van der Waals surface area contributed by atoms with E-state index in [0.29, 0.717) is 6.54 Å². The van der Waals surface area contributed by atoms with E-state index in [1.54, 1.807) is 0 Å². The Morgan fingerprint density at radius 3 is 2.31 bits per heavy atom. The van der Waals surface area contributed by atoms with Gasteiger partial charge >= 0.3 is 6.09 Å². The van der Waals surface area contributed by atoms with Gasteiger partial charge in [0, 0.05) is 6.54 Å². The van der Waals surface area contributed by atoms with Crippen LogP contribution in [0.5, 0.6) is 0 Å². The van der Waals surface area contributed by atoms with Gasteiger partial charge in [-0.05, 0) is 54.3 Å². The summed E-state index contributed by atoms with van der Waals surface area (Å²) in [4.78, 5) is 13.4. The Bertz CT molecular complexity index is 198. The van der Waals surface area contributed by atoms with Gasteiger partial charge in [0.1, 0.15) is 5.60 Å². The van der Waals surface area contributed by atoms with E-state index in [0.717, 1.165) is 19.4 Å². The third kappa shape index (κ3) is 11.3. The van der Waals surface area contributed by atoms with E-state index >= 15 is 0 Å². The highest BCUT2D eigenvalue weighted by Gasteiger charge is 2.15. The molecular weight excluding hydrogens is 204 g/mol. The summed E-state index contributed by atoms with van der Waals surface area (Å²) in [5.41, 5.74) is -0.408. The van der Waals surface area contributed by atoms with E-state index in [9.17, 15) is 4.79 Å². The number of hydrogen-bond acceptors (Lipinski definition) is 3. The quantitative estimate of drug-likeness (QED) is 0.712. The number of unbranched alkanes of at least 4 members (excludes halogenated alkanes) is 2. The lowest BCUT2D eigenvalue weighted by molar-refractivity contribution is 0.0527. The normalized spacial score (nSPS) is 11.6. The van der Waals surface area contributed by atoms with Crippen molar-refractivity contribution < 1.29 is 9.53 Å². The Balaban J connectivity index is 3.35. The molecule has 16 heavy (non-hydrogen) atoms. The standard InChI is InChI=1S/C12H26N2O2/c1-12(2,3)16-11(15)13-9-7-6-8-10-14(4)5/h6-10H2,1-5H3,(H,13,15). The van der Waals surface area contributed by atoms with Crippen LogP contribution in [-0.4, -0.2) is 43.8 Å². The van der Waals surface area contributed by atoms with Crippen molar-refractivity contribution in [3.63, 3.8) is 0 Å². The van der Waals surface area contributed by atoms with Gasteiger partial charge in [-0.15, -0.1) is 0 Å². The number of alkyl carbamates (subject to hydrolysis) is 1. The molecule has 0 aromatic carbocycles. The van der Waals surface area contributed by atoms with Crippen LogP contribution in [0.25, 0.3) is 0 Å². The first-order chi connectivity index (χ1) is 7.31. The van der Waals surface area contributed by atoms with Crippen molar-refractivity contribution in [1.29, 1.82) is 0 Å². The molecule has 0 saturated carbocycles. The largest absolute Gasteiger partial charge is 0.444 e. The molecule has 4 nitrogen and oxygen atoms in total. The van der Waals surface area contributed by atoms with E-state index in [2.05, 4.69) is 24.3 Å². The van der Waals surface area contributed by atoms with Crippen LogP contribution in [0.2, 0.25) is 0 Å². The van der Waals surface area contributed by atoms with E-state index in [1.807, 2.05) is 20.8 Å². The molecule has 0 bridgehead atoms. The molecule has 0 aliphatic rings. The van der Waals surface area contributed by atoms with Crippen LogP contribution in [0.15, 0.2) is 0 Å². The minimum Gasteiger partial charge on any atom is -0.444 e. The van der Waals surface area contributed by atoms with E-state index in [-0.39, 0.29) is 6.09 Å². The molecule has 1 N–H and O–H groups in total. The van der Waals surface area contributed by atoms with Crippen LogP contribution < -0.4 is 5.32 Å². The highest BCUT2D eigenvalue weighted by Crippen LogP contribution is 2.06. The fourth-order valence-electron chi connectivity index (χ4n) is 1.23. The maximum Gasteiger partial charge on any atom is 0.407 e. The first kappa shape index (κ1) is 15.2. The summed E-state index contributed by atoms with van der Waals surface area (Å²) in [5.74, 6) is 0. The maximum absolute atomic E-state index is 11.3.